The second-order valence-corrected chi connectivity index (χ2v) is 13.7. The summed E-state index contributed by atoms with van der Waals surface area (Å²) in [7, 11) is -1.43. The number of sulfone groups is 1. The lowest BCUT2D eigenvalue weighted by atomic mass is 9.60. The van der Waals surface area contributed by atoms with Crippen molar-refractivity contribution in [3.8, 4) is 0 Å². The molecule has 0 spiro atoms. The van der Waals surface area contributed by atoms with E-state index in [1.807, 2.05) is 11.8 Å². The van der Waals surface area contributed by atoms with Crippen molar-refractivity contribution in [1.29, 1.82) is 0 Å². The predicted octanol–water partition coefficient (Wildman–Crippen LogP) is 5.08. The van der Waals surface area contributed by atoms with Crippen molar-refractivity contribution in [2.45, 2.75) is 107 Å². The topological polar surface area (TPSA) is 63.6 Å². The van der Waals surface area contributed by atoms with E-state index in [9.17, 15) is 13.5 Å². The summed E-state index contributed by atoms with van der Waals surface area (Å²) in [6, 6.07) is 0. The van der Waals surface area contributed by atoms with E-state index in [4.69, 9.17) is 4.74 Å². The summed E-state index contributed by atoms with van der Waals surface area (Å²) in [5.74, 6) is 0.719. The number of ether oxygens (including phenoxy) is 1. The number of aliphatic hydroxyl groups excluding tert-OH is 1. The van der Waals surface area contributed by atoms with Crippen molar-refractivity contribution in [3.63, 3.8) is 0 Å². The van der Waals surface area contributed by atoms with E-state index in [1.165, 1.54) is 0 Å². The maximum absolute atomic E-state index is 13.7. The number of fused-ring (bicyclic) bond motifs is 1. The van der Waals surface area contributed by atoms with Crippen molar-refractivity contribution in [2.24, 2.45) is 23.2 Å². The smallest absolute Gasteiger partial charge is 0.154 e. The van der Waals surface area contributed by atoms with Crippen LogP contribution in [0.25, 0.3) is 0 Å². The van der Waals surface area contributed by atoms with Crippen LogP contribution in [0.1, 0.15) is 84.5 Å². The summed E-state index contributed by atoms with van der Waals surface area (Å²) in [6.07, 6.45) is 12.5. The number of rotatable bonds is 7. The average Bonchev–Trinajstić information content (AvgIpc) is 2.83. The molecule has 8 atom stereocenters. The van der Waals surface area contributed by atoms with Crippen LogP contribution in [0.3, 0.4) is 0 Å². The Labute approximate surface area is 189 Å². The summed E-state index contributed by atoms with van der Waals surface area (Å²) in [6.45, 7) is 4.26. The number of hydrogen-bond acceptors (Lipinski definition) is 5. The molecule has 1 saturated heterocycles. The third-order valence-corrected chi connectivity index (χ3v) is 12.4. The van der Waals surface area contributed by atoms with Crippen molar-refractivity contribution >= 4 is 21.6 Å². The normalized spacial score (nSPS) is 44.2. The fraction of sp³-hybridized carbons (Fsp3) is 1.00. The maximum Gasteiger partial charge on any atom is 0.154 e. The van der Waals surface area contributed by atoms with E-state index >= 15 is 0 Å². The number of unbranched alkanes of at least 4 members (excludes halogenated alkanes) is 1. The second-order valence-electron chi connectivity index (χ2n) is 10.3. The minimum atomic E-state index is -3.23. The zero-order valence-corrected chi connectivity index (χ0v) is 21.1. The molecule has 30 heavy (non-hydrogen) atoms. The third-order valence-electron chi connectivity index (χ3n) is 8.83. The molecule has 2 aliphatic carbocycles. The SMILES string of the molecule is CCCC[C@]1(CC)CS(=O)(=O)C2CCC(SC)CC2C(C2CCCC(OC)C2)C1O. The van der Waals surface area contributed by atoms with Gasteiger partial charge >= 0.3 is 0 Å². The van der Waals surface area contributed by atoms with E-state index in [0.717, 1.165) is 70.6 Å². The van der Waals surface area contributed by atoms with Crippen molar-refractivity contribution < 1.29 is 18.3 Å². The summed E-state index contributed by atoms with van der Waals surface area (Å²) in [4.78, 5) is 0. The van der Waals surface area contributed by atoms with Gasteiger partial charge in [-0.05, 0) is 75.4 Å². The van der Waals surface area contributed by atoms with Gasteiger partial charge in [-0.3, -0.25) is 0 Å². The van der Waals surface area contributed by atoms with Gasteiger partial charge in [0.15, 0.2) is 9.84 Å². The minimum Gasteiger partial charge on any atom is -0.392 e. The molecule has 1 aliphatic heterocycles. The standard InChI is InChI=1S/C24H44O4S2/c1-5-7-13-24(6-2)16-30(26,27)21-12-11-19(29-4)15-20(21)22(23(24)25)17-9-8-10-18(14-17)28-3/h17-23,25H,5-16H2,1-4H3/t17?,18?,19?,20?,21?,22?,23?,24-/m1/s1. The van der Waals surface area contributed by atoms with E-state index in [-0.39, 0.29) is 28.9 Å². The Morgan fingerprint density at radius 3 is 2.53 bits per heavy atom. The van der Waals surface area contributed by atoms with Crippen LogP contribution in [0, 0.1) is 23.2 Å². The fourth-order valence-corrected chi connectivity index (χ4v) is 10.7. The minimum absolute atomic E-state index is 0.0805. The predicted molar refractivity (Wildman–Crippen MR) is 127 cm³/mol. The lowest BCUT2D eigenvalue weighted by Crippen LogP contribution is -2.49. The molecule has 0 radical (unpaired) electrons. The van der Waals surface area contributed by atoms with Gasteiger partial charge in [0.1, 0.15) is 0 Å². The monoisotopic (exact) mass is 460 g/mol. The summed E-state index contributed by atoms with van der Waals surface area (Å²) in [5.41, 5.74) is -0.494. The van der Waals surface area contributed by atoms with Gasteiger partial charge in [-0.1, -0.05) is 33.1 Å². The molecular formula is C24H44O4S2. The molecule has 0 bridgehead atoms. The molecule has 3 fully saturated rings. The molecule has 1 heterocycles. The molecule has 3 rings (SSSR count). The van der Waals surface area contributed by atoms with Gasteiger partial charge in [-0.25, -0.2) is 8.42 Å². The first-order valence-corrected chi connectivity index (χ1v) is 15.3. The molecular weight excluding hydrogens is 416 g/mol. The molecule has 0 amide bonds. The quantitative estimate of drug-likeness (QED) is 0.574. The number of hydrogen-bond donors (Lipinski definition) is 1. The van der Waals surface area contributed by atoms with Crippen LogP contribution >= 0.6 is 11.8 Å². The van der Waals surface area contributed by atoms with E-state index in [2.05, 4.69) is 20.1 Å². The van der Waals surface area contributed by atoms with Crippen LogP contribution in [-0.4, -0.2) is 55.4 Å². The first kappa shape index (κ1) is 24.9. The molecule has 0 aromatic heterocycles. The largest absolute Gasteiger partial charge is 0.392 e. The molecule has 6 heteroatoms. The Bertz CT molecular complexity index is 652. The Morgan fingerprint density at radius 2 is 1.90 bits per heavy atom. The molecule has 0 aromatic rings. The Kier molecular flexibility index (Phi) is 8.65. The van der Waals surface area contributed by atoms with Gasteiger partial charge in [-0.2, -0.15) is 11.8 Å². The lowest BCUT2D eigenvalue weighted by molar-refractivity contribution is -0.0760. The molecule has 7 unspecified atom stereocenters. The van der Waals surface area contributed by atoms with Gasteiger partial charge in [0.25, 0.3) is 0 Å². The first-order chi connectivity index (χ1) is 14.3. The van der Waals surface area contributed by atoms with E-state index in [1.54, 1.807) is 7.11 Å². The number of thioether (sulfide) groups is 1. The van der Waals surface area contributed by atoms with E-state index < -0.39 is 21.4 Å². The Hall–Kier alpha value is 0.220. The Morgan fingerprint density at radius 1 is 1.13 bits per heavy atom. The molecule has 2 saturated carbocycles. The number of aliphatic hydroxyl groups is 1. The van der Waals surface area contributed by atoms with Crippen molar-refractivity contribution in [1.82, 2.24) is 0 Å². The molecule has 176 valence electrons. The average molecular weight is 461 g/mol. The van der Waals surface area contributed by atoms with Crippen molar-refractivity contribution in [2.75, 3.05) is 19.1 Å². The van der Waals surface area contributed by atoms with Crippen LogP contribution in [0.2, 0.25) is 0 Å². The van der Waals surface area contributed by atoms with Crippen LogP contribution in [0.5, 0.6) is 0 Å². The van der Waals surface area contributed by atoms with Gasteiger partial charge in [-0.15, -0.1) is 0 Å². The lowest BCUT2D eigenvalue weighted by Gasteiger charge is -2.47. The van der Waals surface area contributed by atoms with Crippen LogP contribution < -0.4 is 0 Å². The molecule has 3 aliphatic rings. The van der Waals surface area contributed by atoms with Crippen molar-refractivity contribution in [3.05, 3.63) is 0 Å². The van der Waals surface area contributed by atoms with Crippen LogP contribution in [0.4, 0.5) is 0 Å². The van der Waals surface area contributed by atoms with Gasteiger partial charge in [0.05, 0.1) is 23.2 Å². The molecule has 0 aromatic carbocycles. The van der Waals surface area contributed by atoms with Gasteiger partial charge < -0.3 is 9.84 Å². The highest BCUT2D eigenvalue weighted by Crippen LogP contribution is 2.53. The fourth-order valence-electron chi connectivity index (χ4n) is 7.03. The highest BCUT2D eigenvalue weighted by atomic mass is 32.2. The summed E-state index contributed by atoms with van der Waals surface area (Å²) in [5, 5.41) is 12.3. The van der Waals surface area contributed by atoms with Crippen LogP contribution in [-0.2, 0) is 14.6 Å². The first-order valence-electron chi connectivity index (χ1n) is 12.3. The second kappa shape index (κ2) is 10.4. The Balaban J connectivity index is 2.05. The summed E-state index contributed by atoms with van der Waals surface area (Å²) >= 11 is 1.88. The molecule has 1 N–H and O–H groups in total. The highest BCUT2D eigenvalue weighted by molar-refractivity contribution is 7.99. The zero-order valence-electron chi connectivity index (χ0n) is 19.5. The maximum atomic E-state index is 13.7. The molecule has 4 nitrogen and oxygen atoms in total. The van der Waals surface area contributed by atoms with E-state index in [0.29, 0.717) is 11.2 Å². The highest BCUT2D eigenvalue weighted by Gasteiger charge is 2.56. The van der Waals surface area contributed by atoms with Crippen LogP contribution in [0.15, 0.2) is 0 Å². The summed E-state index contributed by atoms with van der Waals surface area (Å²) < 4.78 is 33.2. The van der Waals surface area contributed by atoms with Gasteiger partial charge in [0.2, 0.25) is 0 Å². The van der Waals surface area contributed by atoms with Gasteiger partial charge in [0, 0.05) is 17.8 Å². The third kappa shape index (κ3) is 4.92. The number of methoxy groups -OCH3 is 1. The zero-order chi connectivity index (χ0) is 21.9.